The highest BCUT2D eigenvalue weighted by atomic mass is 16.1. The molecule has 1 rings (SSSR count). The third-order valence-electron chi connectivity index (χ3n) is 1.89. The normalized spacial score (nSPS) is 15.0. The van der Waals surface area contributed by atoms with Crippen molar-refractivity contribution in [3.63, 3.8) is 0 Å². The summed E-state index contributed by atoms with van der Waals surface area (Å²) >= 11 is 0. The predicted molar refractivity (Wildman–Crippen MR) is 55.7 cm³/mol. The first-order chi connectivity index (χ1) is 6.56. The lowest BCUT2D eigenvalue weighted by Gasteiger charge is -2.10. The number of carbonyl (C=O) groups excluding carboxylic acids is 2. The molecule has 14 heavy (non-hydrogen) atoms. The summed E-state index contributed by atoms with van der Waals surface area (Å²) in [6.45, 7) is 10.7. The second-order valence-corrected chi connectivity index (χ2v) is 2.87. The fourth-order valence-electron chi connectivity index (χ4n) is 1.09. The van der Waals surface area contributed by atoms with E-state index in [4.69, 9.17) is 0 Å². The van der Waals surface area contributed by atoms with Crippen molar-refractivity contribution in [2.24, 2.45) is 0 Å². The topological polar surface area (TPSA) is 34.1 Å². The van der Waals surface area contributed by atoms with Crippen LogP contribution in [0.25, 0.3) is 0 Å². The Balaban J connectivity index is 3.04. The quantitative estimate of drug-likeness (QED) is 0.631. The van der Waals surface area contributed by atoms with Crippen LogP contribution in [-0.4, -0.2) is 11.6 Å². The van der Waals surface area contributed by atoms with Crippen molar-refractivity contribution in [3.8, 4) is 0 Å². The third-order valence-corrected chi connectivity index (χ3v) is 1.89. The van der Waals surface area contributed by atoms with Gasteiger partial charge in [-0.05, 0) is 29.4 Å². The predicted octanol–water partition coefficient (Wildman–Crippen LogP) is 1.92. The first kappa shape index (κ1) is 10.1. The van der Waals surface area contributed by atoms with E-state index in [9.17, 15) is 9.59 Å². The Kier molecular flexibility index (Phi) is 2.77. The van der Waals surface area contributed by atoms with Gasteiger partial charge in [0.1, 0.15) is 0 Å². The second kappa shape index (κ2) is 3.83. The molecule has 0 aromatic carbocycles. The van der Waals surface area contributed by atoms with Crippen LogP contribution < -0.4 is 0 Å². The molecule has 1 aliphatic carbocycles. The monoisotopic (exact) mass is 186 g/mol. The van der Waals surface area contributed by atoms with Gasteiger partial charge in [-0.2, -0.15) is 0 Å². The number of carbonyl (C=O) groups is 2. The molecular weight excluding hydrogens is 176 g/mol. The van der Waals surface area contributed by atoms with Gasteiger partial charge >= 0.3 is 0 Å². The van der Waals surface area contributed by atoms with Crippen LogP contribution in [0.15, 0.2) is 60.8 Å². The summed E-state index contributed by atoms with van der Waals surface area (Å²) < 4.78 is 0. The minimum atomic E-state index is -0.291. The van der Waals surface area contributed by atoms with Gasteiger partial charge in [-0.1, -0.05) is 25.8 Å². The van der Waals surface area contributed by atoms with E-state index in [1.165, 1.54) is 18.2 Å². The van der Waals surface area contributed by atoms with Gasteiger partial charge in [-0.15, -0.1) is 0 Å². The number of allylic oxidation sites excluding steroid dienone is 7. The molecule has 70 valence electrons. The first-order valence-electron chi connectivity index (χ1n) is 4.05. The zero-order valence-corrected chi connectivity index (χ0v) is 7.75. The molecule has 0 N–H and O–H groups in total. The van der Waals surface area contributed by atoms with Gasteiger partial charge in [0, 0.05) is 5.57 Å². The summed E-state index contributed by atoms with van der Waals surface area (Å²) in [6, 6.07) is 0. The van der Waals surface area contributed by atoms with Gasteiger partial charge < -0.3 is 0 Å². The molecule has 2 nitrogen and oxygen atoms in total. The van der Waals surface area contributed by atoms with Gasteiger partial charge in [0.15, 0.2) is 11.6 Å². The van der Waals surface area contributed by atoms with E-state index >= 15 is 0 Å². The molecule has 0 heterocycles. The Bertz CT molecular complexity index is 406. The van der Waals surface area contributed by atoms with E-state index in [1.54, 1.807) is 6.08 Å². The minimum Gasteiger partial charge on any atom is -0.290 e. The fraction of sp³-hybridized carbons (Fsp3) is 0. The molecule has 2 heteroatoms. The van der Waals surface area contributed by atoms with Gasteiger partial charge in [0.05, 0.1) is 0 Å². The van der Waals surface area contributed by atoms with Gasteiger partial charge in [-0.3, -0.25) is 9.59 Å². The molecule has 0 fully saturated rings. The van der Waals surface area contributed by atoms with Crippen LogP contribution in [0.1, 0.15) is 0 Å². The molecule has 0 radical (unpaired) electrons. The molecule has 0 unspecified atom stereocenters. The highest BCUT2D eigenvalue weighted by molar-refractivity contribution is 6.11. The van der Waals surface area contributed by atoms with Crippen LogP contribution in [0.4, 0.5) is 0 Å². The molecule has 0 spiro atoms. The number of hydrogen-bond acceptors (Lipinski definition) is 2. The van der Waals surface area contributed by atoms with Gasteiger partial charge in [-0.25, -0.2) is 0 Å². The van der Waals surface area contributed by atoms with Crippen LogP contribution in [0.2, 0.25) is 0 Å². The SMILES string of the molecule is C=CC(=O)C(=C)C1=CC(=O)C=CC1=C. The van der Waals surface area contributed by atoms with Crippen molar-refractivity contribution in [1.82, 2.24) is 0 Å². The molecule has 0 aliphatic heterocycles. The van der Waals surface area contributed by atoms with E-state index in [1.807, 2.05) is 0 Å². The maximum absolute atomic E-state index is 11.2. The summed E-state index contributed by atoms with van der Waals surface area (Å²) in [5, 5.41) is 0. The highest BCUT2D eigenvalue weighted by Gasteiger charge is 2.14. The van der Waals surface area contributed by atoms with E-state index < -0.39 is 0 Å². The Morgan fingerprint density at radius 3 is 2.57 bits per heavy atom. The molecule has 0 atom stereocenters. The van der Waals surface area contributed by atoms with Gasteiger partial charge in [0.2, 0.25) is 0 Å². The lowest BCUT2D eigenvalue weighted by atomic mass is 9.92. The fourth-order valence-corrected chi connectivity index (χ4v) is 1.09. The zero-order chi connectivity index (χ0) is 10.7. The summed E-state index contributed by atoms with van der Waals surface area (Å²) in [6.07, 6.45) is 5.49. The van der Waals surface area contributed by atoms with E-state index in [-0.39, 0.29) is 17.1 Å². The standard InChI is InChI=1S/C12H10O2/c1-4-12(14)9(3)11-7-10(13)6-5-8(11)2/h4-7H,1-3H2. The molecular formula is C12H10O2. The van der Waals surface area contributed by atoms with Crippen molar-refractivity contribution in [3.05, 3.63) is 60.8 Å². The molecule has 0 aromatic heterocycles. The van der Waals surface area contributed by atoms with E-state index in [2.05, 4.69) is 19.7 Å². The Labute approximate surface area is 82.6 Å². The summed E-state index contributed by atoms with van der Waals surface area (Å²) in [5.41, 5.74) is 1.36. The summed E-state index contributed by atoms with van der Waals surface area (Å²) in [5.74, 6) is -0.453. The Morgan fingerprint density at radius 2 is 2.00 bits per heavy atom. The average Bonchev–Trinajstić information content (AvgIpc) is 2.19. The molecule has 0 amide bonds. The maximum atomic E-state index is 11.2. The van der Waals surface area contributed by atoms with E-state index in [0.29, 0.717) is 11.1 Å². The summed E-state index contributed by atoms with van der Waals surface area (Å²) in [7, 11) is 0. The maximum Gasteiger partial charge on any atom is 0.185 e. The van der Waals surface area contributed by atoms with Crippen LogP contribution in [0.3, 0.4) is 0 Å². The first-order valence-corrected chi connectivity index (χ1v) is 4.05. The van der Waals surface area contributed by atoms with Crippen molar-refractivity contribution < 1.29 is 9.59 Å². The van der Waals surface area contributed by atoms with Crippen molar-refractivity contribution in [2.45, 2.75) is 0 Å². The number of ketones is 2. The van der Waals surface area contributed by atoms with Crippen LogP contribution in [0.5, 0.6) is 0 Å². The average molecular weight is 186 g/mol. The zero-order valence-electron chi connectivity index (χ0n) is 7.75. The largest absolute Gasteiger partial charge is 0.290 e. The number of rotatable bonds is 3. The lowest BCUT2D eigenvalue weighted by Crippen LogP contribution is -2.06. The number of hydrogen-bond donors (Lipinski definition) is 0. The Morgan fingerprint density at radius 1 is 1.36 bits per heavy atom. The van der Waals surface area contributed by atoms with Crippen molar-refractivity contribution in [2.75, 3.05) is 0 Å². The smallest absolute Gasteiger partial charge is 0.185 e. The molecule has 0 aromatic rings. The molecule has 0 saturated heterocycles. The molecule has 1 aliphatic rings. The van der Waals surface area contributed by atoms with Crippen LogP contribution in [-0.2, 0) is 9.59 Å². The lowest BCUT2D eigenvalue weighted by molar-refractivity contribution is -0.111. The van der Waals surface area contributed by atoms with Crippen LogP contribution in [0, 0.1) is 0 Å². The minimum absolute atomic E-state index is 0.162. The molecule has 0 bridgehead atoms. The second-order valence-electron chi connectivity index (χ2n) is 2.87. The molecule has 0 saturated carbocycles. The summed E-state index contributed by atoms with van der Waals surface area (Å²) in [4.78, 5) is 22.3. The van der Waals surface area contributed by atoms with Gasteiger partial charge in [0.25, 0.3) is 0 Å². The Hall–Kier alpha value is -1.96. The van der Waals surface area contributed by atoms with Crippen molar-refractivity contribution >= 4 is 11.6 Å². The van der Waals surface area contributed by atoms with Crippen molar-refractivity contribution in [1.29, 1.82) is 0 Å². The highest BCUT2D eigenvalue weighted by Crippen LogP contribution is 2.22. The van der Waals surface area contributed by atoms with E-state index in [0.717, 1.165) is 0 Å². The van der Waals surface area contributed by atoms with Crippen LogP contribution >= 0.6 is 0 Å². The third kappa shape index (κ3) is 1.85.